The minimum Gasteiger partial charge on any atom is -0.496 e. The molecule has 0 radical (unpaired) electrons. The third kappa shape index (κ3) is 5.50. The molecular weight excluding hydrogens is 511 g/mol. The van der Waals surface area contributed by atoms with Crippen molar-refractivity contribution in [3.63, 3.8) is 0 Å². The molecule has 0 atom stereocenters. The molecule has 200 valence electrons. The Balaban J connectivity index is 1.61. The standard InChI is InChI=1S/C28H29FN2O6S/c1-4-20-21(8-10-25(26(20)29)38(3,34)35)28(33)31-11-12-37-23-9-6-17(14-19(23)16-31)13-18-5-7-22(27(30)32)24(15-18)36-2/h5-10,14-15H,4,11-13,16H2,1-3H3,(H2,30,32). The van der Waals surface area contributed by atoms with Gasteiger partial charge in [-0.25, -0.2) is 12.8 Å². The monoisotopic (exact) mass is 540 g/mol. The molecule has 1 heterocycles. The van der Waals surface area contributed by atoms with Crippen molar-refractivity contribution in [1.29, 1.82) is 0 Å². The highest BCUT2D eigenvalue weighted by Gasteiger charge is 2.27. The van der Waals surface area contributed by atoms with Crippen LogP contribution >= 0.6 is 0 Å². The highest BCUT2D eigenvalue weighted by molar-refractivity contribution is 7.90. The van der Waals surface area contributed by atoms with Crippen molar-refractivity contribution in [2.45, 2.75) is 31.2 Å². The molecule has 0 aliphatic carbocycles. The number of carbonyl (C=O) groups is 2. The van der Waals surface area contributed by atoms with Crippen LogP contribution in [0.4, 0.5) is 4.39 Å². The molecule has 10 heteroatoms. The van der Waals surface area contributed by atoms with E-state index in [-0.39, 0.29) is 37.2 Å². The van der Waals surface area contributed by atoms with E-state index >= 15 is 4.39 Å². The molecule has 0 spiro atoms. The van der Waals surface area contributed by atoms with Crippen LogP contribution < -0.4 is 15.2 Å². The second kappa shape index (κ2) is 10.8. The first-order valence-electron chi connectivity index (χ1n) is 12.1. The number of nitrogens with zero attached hydrogens (tertiary/aromatic N) is 1. The van der Waals surface area contributed by atoms with E-state index in [0.29, 0.717) is 23.5 Å². The van der Waals surface area contributed by atoms with Gasteiger partial charge in [0, 0.05) is 29.5 Å². The average Bonchev–Trinajstić information content (AvgIpc) is 3.09. The number of hydrogen-bond donors (Lipinski definition) is 1. The number of hydrogen-bond acceptors (Lipinski definition) is 6. The molecular formula is C28H29FN2O6S. The lowest BCUT2D eigenvalue weighted by molar-refractivity contribution is 0.0731. The summed E-state index contributed by atoms with van der Waals surface area (Å²) < 4.78 is 50.1. The number of carbonyl (C=O) groups excluding carboxylic acids is 2. The van der Waals surface area contributed by atoms with E-state index in [4.69, 9.17) is 15.2 Å². The van der Waals surface area contributed by atoms with E-state index in [0.717, 1.165) is 29.0 Å². The van der Waals surface area contributed by atoms with Gasteiger partial charge in [-0.3, -0.25) is 9.59 Å². The molecule has 8 nitrogen and oxygen atoms in total. The molecule has 38 heavy (non-hydrogen) atoms. The summed E-state index contributed by atoms with van der Waals surface area (Å²) in [4.78, 5) is 26.3. The molecule has 1 aliphatic heterocycles. The summed E-state index contributed by atoms with van der Waals surface area (Å²) in [6.07, 6.45) is 1.64. The molecule has 0 unspecified atom stereocenters. The number of benzene rings is 3. The zero-order valence-corrected chi connectivity index (χ0v) is 22.2. The first-order chi connectivity index (χ1) is 18.0. The number of halogens is 1. The first kappa shape index (κ1) is 27.1. The lowest BCUT2D eigenvalue weighted by atomic mass is 10.00. The van der Waals surface area contributed by atoms with Crippen molar-refractivity contribution in [1.82, 2.24) is 4.90 Å². The lowest BCUT2D eigenvalue weighted by Gasteiger charge is -2.22. The lowest BCUT2D eigenvalue weighted by Crippen LogP contribution is -2.33. The topological polar surface area (TPSA) is 116 Å². The molecule has 0 saturated heterocycles. The molecule has 2 N–H and O–H groups in total. The molecule has 0 aromatic heterocycles. The van der Waals surface area contributed by atoms with Crippen molar-refractivity contribution in [3.8, 4) is 11.5 Å². The zero-order chi connectivity index (χ0) is 27.6. The number of amides is 2. The van der Waals surface area contributed by atoms with Crippen LogP contribution in [0.1, 0.15) is 49.9 Å². The van der Waals surface area contributed by atoms with Crippen LogP contribution in [0.15, 0.2) is 53.4 Å². The Morgan fingerprint density at radius 2 is 1.76 bits per heavy atom. The van der Waals surface area contributed by atoms with Gasteiger partial charge in [0.25, 0.3) is 11.8 Å². The SMILES string of the molecule is CCc1c(C(=O)N2CCOc3ccc(Cc4ccc(C(N)=O)c(OC)c4)cc3C2)ccc(S(C)(=O)=O)c1F. The van der Waals surface area contributed by atoms with Gasteiger partial charge in [0.05, 0.1) is 19.2 Å². The molecule has 1 aliphatic rings. The Hall–Kier alpha value is -3.92. The number of rotatable bonds is 7. The third-order valence-electron chi connectivity index (χ3n) is 6.52. The number of sulfone groups is 1. The fraction of sp³-hybridized carbons (Fsp3) is 0.286. The van der Waals surface area contributed by atoms with Crippen LogP contribution in [0.25, 0.3) is 0 Å². The van der Waals surface area contributed by atoms with E-state index in [1.54, 1.807) is 24.0 Å². The minimum atomic E-state index is -3.77. The van der Waals surface area contributed by atoms with Crippen molar-refractivity contribution < 1.29 is 31.9 Å². The fourth-order valence-corrected chi connectivity index (χ4v) is 5.38. The van der Waals surface area contributed by atoms with Gasteiger partial charge >= 0.3 is 0 Å². The largest absolute Gasteiger partial charge is 0.496 e. The molecule has 0 bridgehead atoms. The molecule has 3 aromatic carbocycles. The maximum absolute atomic E-state index is 15.1. The number of fused-ring (bicyclic) bond motifs is 1. The summed E-state index contributed by atoms with van der Waals surface area (Å²) in [5.41, 5.74) is 8.56. The van der Waals surface area contributed by atoms with E-state index in [1.165, 1.54) is 13.2 Å². The van der Waals surface area contributed by atoms with Gasteiger partial charge in [-0.2, -0.15) is 0 Å². The molecule has 0 saturated carbocycles. The molecule has 2 amide bonds. The maximum atomic E-state index is 15.1. The van der Waals surface area contributed by atoms with Crippen molar-refractivity contribution in [2.24, 2.45) is 5.73 Å². The highest BCUT2D eigenvalue weighted by atomic mass is 32.2. The van der Waals surface area contributed by atoms with E-state index < -0.39 is 32.4 Å². The van der Waals surface area contributed by atoms with Gasteiger partial charge in [0.1, 0.15) is 28.8 Å². The van der Waals surface area contributed by atoms with Crippen LogP contribution in [0.2, 0.25) is 0 Å². The van der Waals surface area contributed by atoms with Crippen molar-refractivity contribution >= 4 is 21.7 Å². The summed E-state index contributed by atoms with van der Waals surface area (Å²) in [5.74, 6) is -0.801. The Bertz CT molecular complexity index is 1520. The molecule has 4 rings (SSSR count). The predicted octanol–water partition coefficient (Wildman–Crippen LogP) is 3.52. The number of nitrogens with two attached hydrogens (primary N) is 1. The summed E-state index contributed by atoms with van der Waals surface area (Å²) >= 11 is 0. The van der Waals surface area contributed by atoms with Crippen molar-refractivity contribution in [3.05, 3.63) is 87.7 Å². The minimum absolute atomic E-state index is 0.0745. The van der Waals surface area contributed by atoms with E-state index in [1.807, 2.05) is 24.3 Å². The first-order valence-corrected chi connectivity index (χ1v) is 13.9. The highest BCUT2D eigenvalue weighted by Crippen LogP contribution is 2.29. The smallest absolute Gasteiger partial charge is 0.254 e. The van der Waals surface area contributed by atoms with Gasteiger partial charge in [-0.15, -0.1) is 0 Å². The van der Waals surface area contributed by atoms with Crippen molar-refractivity contribution in [2.75, 3.05) is 26.5 Å². The van der Waals surface area contributed by atoms with Gasteiger partial charge in [-0.05, 0) is 60.4 Å². The number of ether oxygens (including phenoxy) is 2. The Kier molecular flexibility index (Phi) is 7.73. The third-order valence-corrected chi connectivity index (χ3v) is 7.64. The Morgan fingerprint density at radius 1 is 1.08 bits per heavy atom. The Morgan fingerprint density at radius 3 is 2.42 bits per heavy atom. The fourth-order valence-electron chi connectivity index (χ4n) is 4.62. The van der Waals surface area contributed by atoms with Gasteiger partial charge < -0.3 is 20.1 Å². The maximum Gasteiger partial charge on any atom is 0.254 e. The van der Waals surface area contributed by atoms with E-state index in [2.05, 4.69) is 0 Å². The van der Waals surface area contributed by atoms with Gasteiger partial charge in [-0.1, -0.05) is 19.1 Å². The zero-order valence-electron chi connectivity index (χ0n) is 21.4. The van der Waals surface area contributed by atoms with Crippen LogP contribution in [0.3, 0.4) is 0 Å². The van der Waals surface area contributed by atoms with Gasteiger partial charge in [0.15, 0.2) is 9.84 Å². The van der Waals surface area contributed by atoms with Crippen LogP contribution in [-0.2, 0) is 29.2 Å². The molecule has 0 fully saturated rings. The predicted molar refractivity (Wildman–Crippen MR) is 140 cm³/mol. The summed E-state index contributed by atoms with van der Waals surface area (Å²) in [6, 6.07) is 13.5. The van der Waals surface area contributed by atoms with E-state index in [9.17, 15) is 18.0 Å². The second-order valence-corrected chi connectivity index (χ2v) is 11.1. The quantitative estimate of drug-likeness (QED) is 0.490. The van der Waals surface area contributed by atoms with Crippen LogP contribution in [0, 0.1) is 5.82 Å². The summed E-state index contributed by atoms with van der Waals surface area (Å²) in [7, 11) is -2.30. The second-order valence-electron chi connectivity index (χ2n) is 9.12. The summed E-state index contributed by atoms with van der Waals surface area (Å²) in [6.45, 7) is 2.46. The summed E-state index contributed by atoms with van der Waals surface area (Å²) in [5, 5.41) is 0. The number of methoxy groups -OCH3 is 1. The average molecular weight is 541 g/mol. The van der Waals surface area contributed by atoms with Crippen LogP contribution in [-0.4, -0.2) is 51.6 Å². The Labute approximate surface area is 221 Å². The molecule has 3 aromatic rings. The number of primary amides is 1. The van der Waals surface area contributed by atoms with Crippen LogP contribution in [0.5, 0.6) is 11.5 Å². The van der Waals surface area contributed by atoms with Gasteiger partial charge in [0.2, 0.25) is 0 Å². The normalized spacial score (nSPS) is 13.3.